The van der Waals surface area contributed by atoms with Gasteiger partial charge in [0, 0.05) is 20.0 Å². The second-order valence-electron chi connectivity index (χ2n) is 3.30. The molecule has 0 bridgehead atoms. The number of carbonyl (C=O) groups excluding carboxylic acids is 2. The molecule has 0 aromatic carbocycles. The first kappa shape index (κ1) is 13.9. The van der Waals surface area contributed by atoms with E-state index in [1.807, 2.05) is 6.92 Å². The lowest BCUT2D eigenvalue weighted by Gasteiger charge is -2.05. The molecule has 0 atom stereocenters. The summed E-state index contributed by atoms with van der Waals surface area (Å²) in [4.78, 5) is 21.9. The van der Waals surface area contributed by atoms with Crippen molar-refractivity contribution in [2.24, 2.45) is 0 Å². The van der Waals surface area contributed by atoms with E-state index in [0.717, 1.165) is 19.4 Å². The Morgan fingerprint density at radius 1 is 1.13 bits per heavy atom. The summed E-state index contributed by atoms with van der Waals surface area (Å²) in [5, 5.41) is 8.29. The molecule has 15 heavy (non-hydrogen) atoms. The van der Waals surface area contributed by atoms with Gasteiger partial charge in [0.05, 0.1) is 6.54 Å². The summed E-state index contributed by atoms with van der Waals surface area (Å²) in [6.45, 7) is 3.75. The van der Waals surface area contributed by atoms with Crippen LogP contribution in [0, 0.1) is 0 Å². The fourth-order valence-electron chi connectivity index (χ4n) is 1.03. The van der Waals surface area contributed by atoms with Gasteiger partial charge in [0.1, 0.15) is 0 Å². The maximum atomic E-state index is 11.1. The Bertz CT molecular complexity index is 195. The van der Waals surface area contributed by atoms with E-state index in [-0.39, 0.29) is 11.8 Å². The van der Waals surface area contributed by atoms with Gasteiger partial charge in [0.15, 0.2) is 0 Å². The summed E-state index contributed by atoms with van der Waals surface area (Å²) < 4.78 is 0. The minimum atomic E-state index is 0.0109. The molecular formula is C10H21N3O2. The first-order valence-electron chi connectivity index (χ1n) is 5.38. The zero-order valence-electron chi connectivity index (χ0n) is 9.56. The van der Waals surface area contributed by atoms with Gasteiger partial charge in [-0.05, 0) is 19.4 Å². The lowest BCUT2D eigenvalue weighted by Crippen LogP contribution is -2.34. The Morgan fingerprint density at radius 2 is 1.87 bits per heavy atom. The summed E-state index contributed by atoms with van der Waals surface area (Å²) in [6, 6.07) is 0. The van der Waals surface area contributed by atoms with Crippen LogP contribution in [0.4, 0.5) is 0 Å². The lowest BCUT2D eigenvalue weighted by atomic mass is 10.3. The molecule has 88 valence electrons. The van der Waals surface area contributed by atoms with Gasteiger partial charge >= 0.3 is 0 Å². The first-order valence-corrected chi connectivity index (χ1v) is 5.38. The monoisotopic (exact) mass is 215 g/mol. The summed E-state index contributed by atoms with van der Waals surface area (Å²) >= 11 is 0. The molecule has 0 heterocycles. The van der Waals surface area contributed by atoms with Gasteiger partial charge in [-0.1, -0.05) is 6.92 Å². The maximum absolute atomic E-state index is 11.1. The SMILES string of the molecule is CCCNC(=O)CNCCCC(=O)NC. The number of amides is 2. The molecule has 0 fully saturated rings. The molecule has 2 amide bonds. The highest BCUT2D eigenvalue weighted by Gasteiger charge is 1.99. The molecule has 0 aliphatic carbocycles. The van der Waals surface area contributed by atoms with Crippen LogP contribution in [-0.2, 0) is 9.59 Å². The minimum Gasteiger partial charge on any atom is -0.359 e. The summed E-state index contributed by atoms with van der Waals surface area (Å²) in [7, 11) is 1.62. The normalized spacial score (nSPS) is 9.73. The Kier molecular flexibility index (Phi) is 8.76. The molecular weight excluding hydrogens is 194 g/mol. The molecule has 0 unspecified atom stereocenters. The molecule has 5 nitrogen and oxygen atoms in total. The van der Waals surface area contributed by atoms with Crippen LogP contribution in [0.25, 0.3) is 0 Å². The van der Waals surface area contributed by atoms with E-state index >= 15 is 0 Å². The molecule has 0 rings (SSSR count). The van der Waals surface area contributed by atoms with Crippen LogP contribution < -0.4 is 16.0 Å². The highest BCUT2D eigenvalue weighted by atomic mass is 16.2. The van der Waals surface area contributed by atoms with Gasteiger partial charge in [0.2, 0.25) is 11.8 Å². The average molecular weight is 215 g/mol. The smallest absolute Gasteiger partial charge is 0.233 e. The standard InChI is InChI=1S/C10H21N3O2/c1-3-6-13-10(15)8-12-7-4-5-9(14)11-2/h12H,3-8H2,1-2H3,(H,11,14)(H,13,15). The molecule has 0 saturated heterocycles. The van der Waals surface area contributed by atoms with Crippen LogP contribution in [0.15, 0.2) is 0 Å². The van der Waals surface area contributed by atoms with E-state index in [1.165, 1.54) is 0 Å². The maximum Gasteiger partial charge on any atom is 0.233 e. The Hall–Kier alpha value is -1.10. The van der Waals surface area contributed by atoms with Gasteiger partial charge in [-0.3, -0.25) is 9.59 Å². The molecule has 0 saturated carbocycles. The highest BCUT2D eigenvalue weighted by Crippen LogP contribution is 1.85. The van der Waals surface area contributed by atoms with Crippen molar-refractivity contribution in [1.82, 2.24) is 16.0 Å². The average Bonchev–Trinajstić information content (AvgIpc) is 2.25. The number of nitrogens with one attached hydrogen (secondary N) is 3. The Morgan fingerprint density at radius 3 is 2.47 bits per heavy atom. The minimum absolute atomic E-state index is 0.0109. The van der Waals surface area contributed by atoms with Crippen molar-refractivity contribution in [2.45, 2.75) is 26.2 Å². The van der Waals surface area contributed by atoms with Gasteiger partial charge in [-0.2, -0.15) is 0 Å². The number of hydrogen-bond acceptors (Lipinski definition) is 3. The molecule has 0 aliphatic heterocycles. The lowest BCUT2D eigenvalue weighted by molar-refractivity contribution is -0.120. The van der Waals surface area contributed by atoms with E-state index in [9.17, 15) is 9.59 Å². The third-order valence-electron chi connectivity index (χ3n) is 1.89. The second kappa shape index (κ2) is 9.45. The van der Waals surface area contributed by atoms with Crippen molar-refractivity contribution >= 4 is 11.8 Å². The van der Waals surface area contributed by atoms with Gasteiger partial charge in [-0.25, -0.2) is 0 Å². The van der Waals surface area contributed by atoms with Gasteiger partial charge < -0.3 is 16.0 Å². The summed E-state index contributed by atoms with van der Waals surface area (Å²) in [5.74, 6) is 0.0454. The quantitative estimate of drug-likeness (QED) is 0.484. The van der Waals surface area contributed by atoms with Crippen LogP contribution in [0.2, 0.25) is 0 Å². The number of rotatable bonds is 8. The Balaban J connectivity index is 3.23. The van der Waals surface area contributed by atoms with Crippen molar-refractivity contribution < 1.29 is 9.59 Å². The van der Waals surface area contributed by atoms with Crippen LogP contribution in [-0.4, -0.2) is 38.5 Å². The van der Waals surface area contributed by atoms with Gasteiger partial charge in [0.25, 0.3) is 0 Å². The Labute approximate surface area is 91.0 Å². The highest BCUT2D eigenvalue weighted by molar-refractivity contribution is 5.78. The molecule has 0 aromatic rings. The molecule has 0 radical (unpaired) electrons. The van der Waals surface area contributed by atoms with E-state index in [2.05, 4.69) is 16.0 Å². The van der Waals surface area contributed by atoms with Crippen LogP contribution in [0.3, 0.4) is 0 Å². The van der Waals surface area contributed by atoms with Gasteiger partial charge in [-0.15, -0.1) is 0 Å². The van der Waals surface area contributed by atoms with E-state index in [1.54, 1.807) is 7.05 Å². The summed E-state index contributed by atoms with van der Waals surface area (Å²) in [6.07, 6.45) is 2.20. The van der Waals surface area contributed by atoms with E-state index in [4.69, 9.17) is 0 Å². The van der Waals surface area contributed by atoms with E-state index < -0.39 is 0 Å². The third kappa shape index (κ3) is 9.21. The van der Waals surface area contributed by atoms with Crippen molar-refractivity contribution in [3.8, 4) is 0 Å². The fourth-order valence-corrected chi connectivity index (χ4v) is 1.03. The fraction of sp³-hybridized carbons (Fsp3) is 0.800. The van der Waals surface area contributed by atoms with E-state index in [0.29, 0.717) is 19.5 Å². The zero-order valence-corrected chi connectivity index (χ0v) is 9.56. The number of hydrogen-bond donors (Lipinski definition) is 3. The molecule has 0 aromatic heterocycles. The molecule has 0 spiro atoms. The van der Waals surface area contributed by atoms with Crippen LogP contribution in [0.5, 0.6) is 0 Å². The van der Waals surface area contributed by atoms with Crippen LogP contribution >= 0.6 is 0 Å². The summed E-state index contributed by atoms with van der Waals surface area (Å²) in [5.41, 5.74) is 0. The predicted octanol–water partition coefficient (Wildman–Crippen LogP) is -0.372. The molecule has 3 N–H and O–H groups in total. The van der Waals surface area contributed by atoms with Crippen LogP contribution in [0.1, 0.15) is 26.2 Å². The van der Waals surface area contributed by atoms with Crippen molar-refractivity contribution in [1.29, 1.82) is 0 Å². The second-order valence-corrected chi connectivity index (χ2v) is 3.30. The first-order chi connectivity index (χ1) is 7.20. The predicted molar refractivity (Wildman–Crippen MR) is 59.5 cm³/mol. The zero-order chi connectivity index (χ0) is 11.5. The molecule has 5 heteroatoms. The number of carbonyl (C=O) groups is 2. The van der Waals surface area contributed by atoms with Crippen molar-refractivity contribution in [3.63, 3.8) is 0 Å². The molecule has 0 aliphatic rings. The third-order valence-corrected chi connectivity index (χ3v) is 1.89. The van der Waals surface area contributed by atoms with Crippen molar-refractivity contribution in [3.05, 3.63) is 0 Å². The largest absolute Gasteiger partial charge is 0.359 e. The van der Waals surface area contributed by atoms with Crippen molar-refractivity contribution in [2.75, 3.05) is 26.7 Å². The topological polar surface area (TPSA) is 70.2 Å².